The number of hydrazone groups is 1. The molecule has 0 aliphatic heterocycles. The number of fused-ring (bicyclic) bond motifs is 1. The first-order valence-electron chi connectivity index (χ1n) is 11.0. The number of ether oxygens (including phenoxy) is 1. The van der Waals surface area contributed by atoms with Crippen LogP contribution in [0.15, 0.2) is 58.0 Å². The molecule has 0 saturated heterocycles. The lowest BCUT2D eigenvalue weighted by atomic mass is 9.93. The Morgan fingerprint density at radius 3 is 2.61 bits per heavy atom. The first-order chi connectivity index (χ1) is 17.1. The number of halogens is 4. The van der Waals surface area contributed by atoms with Crippen molar-refractivity contribution in [3.05, 3.63) is 81.8 Å². The highest BCUT2D eigenvalue weighted by atomic mass is 35.5. The van der Waals surface area contributed by atoms with E-state index in [-0.39, 0.29) is 23.1 Å². The number of carbonyl (C=O) groups excluding carboxylic acids is 2. The molecule has 2 amide bonds. The van der Waals surface area contributed by atoms with Gasteiger partial charge in [0.1, 0.15) is 11.5 Å². The Morgan fingerprint density at radius 1 is 1.14 bits per heavy atom. The standard InChI is InChI=1S/C25H21ClF3N3O4/c1-14-22-18(31-32-21(33)13-35-16-6-3-2-4-7-16)8-5-9-20(22)36-23(14)24(34)30-19-12-15(25(27,28)29)10-11-17(19)26/h2-4,6-7,10-12H,5,8-9,13H2,1H3,(H,30,34)(H,32,33)/b31-18+. The van der Waals surface area contributed by atoms with Crippen LogP contribution in [0.25, 0.3) is 0 Å². The number of aryl methyl sites for hydroxylation is 1. The van der Waals surface area contributed by atoms with Gasteiger partial charge in [0, 0.05) is 17.5 Å². The lowest BCUT2D eigenvalue weighted by molar-refractivity contribution is -0.137. The maximum absolute atomic E-state index is 13.1. The summed E-state index contributed by atoms with van der Waals surface area (Å²) in [5, 5.41) is 6.55. The van der Waals surface area contributed by atoms with E-state index in [1.165, 1.54) is 0 Å². The second-order valence-corrected chi connectivity index (χ2v) is 8.46. The van der Waals surface area contributed by atoms with Gasteiger partial charge in [-0.2, -0.15) is 18.3 Å². The second kappa shape index (κ2) is 10.4. The van der Waals surface area contributed by atoms with Crippen LogP contribution in [0.5, 0.6) is 5.75 Å². The predicted octanol–water partition coefficient (Wildman–Crippen LogP) is 5.75. The van der Waals surface area contributed by atoms with E-state index in [2.05, 4.69) is 15.8 Å². The number of rotatable bonds is 6. The third kappa shape index (κ3) is 5.71. The molecule has 1 aromatic heterocycles. The van der Waals surface area contributed by atoms with E-state index in [9.17, 15) is 22.8 Å². The van der Waals surface area contributed by atoms with Gasteiger partial charge < -0.3 is 14.5 Å². The molecule has 36 heavy (non-hydrogen) atoms. The molecule has 188 valence electrons. The molecular weight excluding hydrogens is 499 g/mol. The number of para-hydroxylation sites is 1. The van der Waals surface area contributed by atoms with Crippen molar-refractivity contribution in [3.8, 4) is 5.75 Å². The summed E-state index contributed by atoms with van der Waals surface area (Å²) in [7, 11) is 0. The number of alkyl halides is 3. The lowest BCUT2D eigenvalue weighted by Crippen LogP contribution is -2.27. The number of nitrogens with zero attached hydrogens (tertiary/aromatic N) is 1. The topological polar surface area (TPSA) is 92.9 Å². The van der Waals surface area contributed by atoms with E-state index < -0.39 is 23.6 Å². The van der Waals surface area contributed by atoms with Gasteiger partial charge in [-0.25, -0.2) is 5.43 Å². The summed E-state index contributed by atoms with van der Waals surface area (Å²) in [6, 6.07) is 11.5. The number of hydrogen-bond donors (Lipinski definition) is 2. The Labute approximate surface area is 209 Å². The van der Waals surface area contributed by atoms with Gasteiger partial charge in [0.15, 0.2) is 12.4 Å². The first-order valence-corrected chi connectivity index (χ1v) is 11.3. The summed E-state index contributed by atoms with van der Waals surface area (Å²) in [6.07, 6.45) is -2.84. The van der Waals surface area contributed by atoms with E-state index >= 15 is 0 Å². The van der Waals surface area contributed by atoms with Crippen LogP contribution in [-0.2, 0) is 17.4 Å². The Balaban J connectivity index is 1.49. The summed E-state index contributed by atoms with van der Waals surface area (Å²) in [5.74, 6) is -0.226. The summed E-state index contributed by atoms with van der Waals surface area (Å²) in [4.78, 5) is 25.1. The Hall–Kier alpha value is -3.79. The monoisotopic (exact) mass is 519 g/mol. The van der Waals surface area contributed by atoms with Crippen LogP contribution in [0.2, 0.25) is 5.02 Å². The van der Waals surface area contributed by atoms with Crippen molar-refractivity contribution in [1.82, 2.24) is 5.43 Å². The summed E-state index contributed by atoms with van der Waals surface area (Å²) in [5.41, 5.74) is 2.89. The highest BCUT2D eigenvalue weighted by Gasteiger charge is 2.32. The molecule has 1 aliphatic carbocycles. The predicted molar refractivity (Wildman–Crippen MR) is 127 cm³/mol. The van der Waals surface area contributed by atoms with Crippen LogP contribution in [0.1, 0.15) is 45.8 Å². The summed E-state index contributed by atoms with van der Waals surface area (Å²) in [6.45, 7) is 1.41. The van der Waals surface area contributed by atoms with Crippen LogP contribution in [0.4, 0.5) is 18.9 Å². The van der Waals surface area contributed by atoms with Gasteiger partial charge in [0.05, 0.1) is 22.0 Å². The van der Waals surface area contributed by atoms with Crippen LogP contribution in [0.3, 0.4) is 0 Å². The van der Waals surface area contributed by atoms with Crippen molar-refractivity contribution >= 4 is 34.8 Å². The second-order valence-electron chi connectivity index (χ2n) is 8.05. The fraction of sp³-hybridized carbons (Fsp3) is 0.240. The normalized spacial score (nSPS) is 14.3. The van der Waals surface area contributed by atoms with E-state index in [1.807, 2.05) is 6.07 Å². The summed E-state index contributed by atoms with van der Waals surface area (Å²) >= 11 is 6.00. The molecule has 0 radical (unpaired) electrons. The average molecular weight is 520 g/mol. The van der Waals surface area contributed by atoms with Gasteiger partial charge in [0.25, 0.3) is 11.8 Å². The molecule has 4 rings (SSSR count). The van der Waals surface area contributed by atoms with E-state index in [0.717, 1.165) is 18.2 Å². The molecule has 0 spiro atoms. The van der Waals surface area contributed by atoms with Crippen LogP contribution in [-0.4, -0.2) is 24.1 Å². The molecule has 2 aromatic carbocycles. The number of nitrogens with one attached hydrogen (secondary N) is 2. The van der Waals surface area contributed by atoms with Crippen LogP contribution in [0, 0.1) is 6.92 Å². The van der Waals surface area contributed by atoms with Gasteiger partial charge in [-0.1, -0.05) is 29.8 Å². The molecular formula is C25H21ClF3N3O4. The van der Waals surface area contributed by atoms with Gasteiger partial charge in [-0.05, 0) is 50.1 Å². The Bertz CT molecular complexity index is 1320. The van der Waals surface area contributed by atoms with Crippen LogP contribution < -0.4 is 15.5 Å². The summed E-state index contributed by atoms with van der Waals surface area (Å²) < 4.78 is 50.3. The fourth-order valence-electron chi connectivity index (χ4n) is 3.80. The smallest absolute Gasteiger partial charge is 0.416 e. The zero-order chi connectivity index (χ0) is 25.9. The van der Waals surface area contributed by atoms with Crippen molar-refractivity contribution in [2.75, 3.05) is 11.9 Å². The van der Waals surface area contributed by atoms with Crippen molar-refractivity contribution in [1.29, 1.82) is 0 Å². The third-order valence-electron chi connectivity index (χ3n) is 5.50. The zero-order valence-electron chi connectivity index (χ0n) is 19.0. The minimum atomic E-state index is -4.59. The molecule has 0 atom stereocenters. The number of hydrogen-bond acceptors (Lipinski definition) is 5. The quantitative estimate of drug-likeness (QED) is 0.406. The number of anilines is 1. The van der Waals surface area contributed by atoms with Crippen molar-refractivity contribution in [3.63, 3.8) is 0 Å². The fourth-order valence-corrected chi connectivity index (χ4v) is 3.97. The number of benzene rings is 2. The SMILES string of the molecule is Cc1c(C(=O)Nc2cc(C(F)(F)F)ccc2Cl)oc2c1/C(=N/NC(=O)COc1ccccc1)CCC2. The molecule has 2 N–H and O–H groups in total. The van der Waals surface area contributed by atoms with Crippen molar-refractivity contribution < 1.29 is 31.9 Å². The minimum Gasteiger partial charge on any atom is -0.484 e. The van der Waals surface area contributed by atoms with Gasteiger partial charge >= 0.3 is 6.18 Å². The maximum atomic E-state index is 13.1. The maximum Gasteiger partial charge on any atom is 0.416 e. The number of furan rings is 1. The largest absolute Gasteiger partial charge is 0.484 e. The molecule has 0 fully saturated rings. The van der Waals surface area contributed by atoms with E-state index in [1.54, 1.807) is 31.2 Å². The van der Waals surface area contributed by atoms with Gasteiger partial charge in [-0.15, -0.1) is 0 Å². The van der Waals surface area contributed by atoms with E-state index in [0.29, 0.717) is 47.6 Å². The van der Waals surface area contributed by atoms with Crippen LogP contribution >= 0.6 is 11.6 Å². The highest BCUT2D eigenvalue weighted by molar-refractivity contribution is 6.34. The molecule has 0 bridgehead atoms. The Morgan fingerprint density at radius 2 is 1.89 bits per heavy atom. The van der Waals surface area contributed by atoms with Gasteiger partial charge in [0.2, 0.25) is 0 Å². The first kappa shape index (κ1) is 25.3. The molecule has 0 saturated carbocycles. The molecule has 1 aliphatic rings. The average Bonchev–Trinajstić information content (AvgIpc) is 3.20. The highest BCUT2D eigenvalue weighted by Crippen LogP contribution is 2.35. The van der Waals surface area contributed by atoms with Gasteiger partial charge in [-0.3, -0.25) is 9.59 Å². The van der Waals surface area contributed by atoms with Crippen molar-refractivity contribution in [2.24, 2.45) is 5.10 Å². The molecule has 1 heterocycles. The minimum absolute atomic E-state index is 0.0481. The molecule has 11 heteroatoms. The number of amides is 2. The number of carbonyl (C=O) groups is 2. The molecule has 7 nitrogen and oxygen atoms in total. The molecule has 3 aromatic rings. The van der Waals surface area contributed by atoms with E-state index in [4.69, 9.17) is 20.8 Å². The zero-order valence-corrected chi connectivity index (χ0v) is 19.8. The molecule has 0 unspecified atom stereocenters. The van der Waals surface area contributed by atoms with Crippen molar-refractivity contribution in [2.45, 2.75) is 32.4 Å². The Kier molecular flexibility index (Phi) is 7.35. The lowest BCUT2D eigenvalue weighted by Gasteiger charge is -2.13. The third-order valence-corrected chi connectivity index (χ3v) is 5.83.